The van der Waals surface area contributed by atoms with E-state index in [1.807, 2.05) is 0 Å². The first-order valence-corrected chi connectivity index (χ1v) is 6.13. The highest BCUT2D eigenvalue weighted by Crippen LogP contribution is 2.19. The molecular weight excluding hydrogens is 212 g/mol. The summed E-state index contributed by atoms with van der Waals surface area (Å²) in [7, 11) is 3.86. The summed E-state index contributed by atoms with van der Waals surface area (Å²) in [6.45, 7) is 7.96. The van der Waals surface area contributed by atoms with E-state index in [1.165, 1.54) is 16.8 Å². The van der Waals surface area contributed by atoms with E-state index in [1.54, 1.807) is 7.11 Å². The minimum Gasteiger partial charge on any atom is -0.383 e. The van der Waals surface area contributed by atoms with Gasteiger partial charge in [0.05, 0.1) is 6.61 Å². The van der Waals surface area contributed by atoms with Gasteiger partial charge in [0.2, 0.25) is 0 Å². The summed E-state index contributed by atoms with van der Waals surface area (Å²) in [5, 5.41) is 3.35. The third kappa shape index (κ3) is 4.75. The normalized spacial score (nSPS) is 10.6. The van der Waals surface area contributed by atoms with Crippen LogP contribution < -0.4 is 10.2 Å². The summed E-state index contributed by atoms with van der Waals surface area (Å²) < 4.78 is 4.99. The van der Waals surface area contributed by atoms with E-state index >= 15 is 0 Å². The molecule has 3 heteroatoms. The molecule has 0 atom stereocenters. The van der Waals surface area contributed by atoms with Crippen LogP contribution in [0.25, 0.3) is 0 Å². The van der Waals surface area contributed by atoms with Crippen molar-refractivity contribution in [3.63, 3.8) is 0 Å². The fourth-order valence-corrected chi connectivity index (χ4v) is 1.90. The third-order valence-electron chi connectivity index (χ3n) is 2.87. The van der Waals surface area contributed by atoms with Gasteiger partial charge in [0, 0.05) is 39.5 Å². The first kappa shape index (κ1) is 14.0. The van der Waals surface area contributed by atoms with Crippen molar-refractivity contribution >= 4 is 5.69 Å². The number of likely N-dealkylation sites (N-methyl/N-ethyl adjacent to an activating group) is 1. The van der Waals surface area contributed by atoms with E-state index in [4.69, 9.17) is 4.74 Å². The average Bonchev–Trinajstić information content (AvgIpc) is 2.28. The first-order chi connectivity index (χ1) is 8.15. The maximum absolute atomic E-state index is 4.99. The van der Waals surface area contributed by atoms with Gasteiger partial charge in [0.1, 0.15) is 0 Å². The topological polar surface area (TPSA) is 24.5 Å². The number of aryl methyl sites for hydroxylation is 2. The number of rotatable bonds is 7. The van der Waals surface area contributed by atoms with Crippen molar-refractivity contribution in [1.29, 1.82) is 0 Å². The molecule has 0 aliphatic rings. The Labute approximate surface area is 105 Å². The van der Waals surface area contributed by atoms with Gasteiger partial charge >= 0.3 is 0 Å². The van der Waals surface area contributed by atoms with Gasteiger partial charge in [-0.1, -0.05) is 17.7 Å². The molecule has 0 spiro atoms. The van der Waals surface area contributed by atoms with Gasteiger partial charge < -0.3 is 15.0 Å². The highest BCUT2D eigenvalue weighted by atomic mass is 16.5. The van der Waals surface area contributed by atoms with Crippen molar-refractivity contribution in [2.75, 3.05) is 45.3 Å². The zero-order chi connectivity index (χ0) is 12.7. The maximum Gasteiger partial charge on any atom is 0.0587 e. The smallest absolute Gasteiger partial charge is 0.0587 e. The summed E-state index contributed by atoms with van der Waals surface area (Å²) in [6.07, 6.45) is 0. The molecule has 0 fully saturated rings. The summed E-state index contributed by atoms with van der Waals surface area (Å²) in [5.74, 6) is 0. The van der Waals surface area contributed by atoms with Crippen LogP contribution in [0, 0.1) is 13.8 Å². The molecule has 1 rings (SSSR count). The van der Waals surface area contributed by atoms with Crippen LogP contribution in [-0.2, 0) is 4.74 Å². The van der Waals surface area contributed by atoms with Crippen LogP contribution in [0.4, 0.5) is 5.69 Å². The van der Waals surface area contributed by atoms with Gasteiger partial charge in [-0.25, -0.2) is 0 Å². The zero-order valence-corrected chi connectivity index (χ0v) is 11.4. The van der Waals surface area contributed by atoms with Gasteiger partial charge in [-0.15, -0.1) is 0 Å². The molecule has 0 amide bonds. The van der Waals surface area contributed by atoms with Crippen molar-refractivity contribution in [1.82, 2.24) is 5.32 Å². The van der Waals surface area contributed by atoms with Crippen molar-refractivity contribution < 1.29 is 4.74 Å². The molecule has 0 radical (unpaired) electrons. The molecule has 1 N–H and O–H groups in total. The lowest BCUT2D eigenvalue weighted by molar-refractivity contribution is 0.200. The number of ether oxygens (including phenoxy) is 1. The highest BCUT2D eigenvalue weighted by Gasteiger charge is 2.03. The van der Waals surface area contributed by atoms with Crippen LogP contribution in [0.3, 0.4) is 0 Å². The molecule has 0 bridgehead atoms. The molecule has 0 heterocycles. The minimum absolute atomic E-state index is 0.771. The van der Waals surface area contributed by atoms with Gasteiger partial charge in [0.25, 0.3) is 0 Å². The Bertz CT molecular complexity index is 339. The average molecular weight is 236 g/mol. The van der Waals surface area contributed by atoms with Crippen LogP contribution in [-0.4, -0.2) is 40.4 Å². The Balaban J connectivity index is 2.38. The summed E-state index contributed by atoms with van der Waals surface area (Å²) in [6, 6.07) is 6.58. The van der Waals surface area contributed by atoms with E-state index in [0.29, 0.717) is 0 Å². The first-order valence-electron chi connectivity index (χ1n) is 6.13. The van der Waals surface area contributed by atoms with E-state index < -0.39 is 0 Å². The lowest BCUT2D eigenvalue weighted by Crippen LogP contribution is -2.31. The molecule has 0 unspecified atom stereocenters. The standard InChI is InChI=1S/C14H24N2O/c1-12-5-6-14(13(2)11-12)16(3)9-7-15-8-10-17-4/h5-6,11,15H,7-10H2,1-4H3. The third-order valence-corrected chi connectivity index (χ3v) is 2.87. The molecule has 96 valence electrons. The van der Waals surface area contributed by atoms with Gasteiger partial charge in [-0.3, -0.25) is 0 Å². The molecule has 17 heavy (non-hydrogen) atoms. The van der Waals surface area contributed by atoms with E-state index in [9.17, 15) is 0 Å². The molecule has 0 aromatic heterocycles. The molecule has 0 saturated heterocycles. The van der Waals surface area contributed by atoms with Crippen molar-refractivity contribution in [2.45, 2.75) is 13.8 Å². The SMILES string of the molecule is COCCNCCN(C)c1ccc(C)cc1C. The molecule has 0 aliphatic carbocycles. The molecule has 3 nitrogen and oxygen atoms in total. The van der Waals surface area contributed by atoms with Gasteiger partial charge in [0.15, 0.2) is 0 Å². The lowest BCUT2D eigenvalue weighted by atomic mass is 10.1. The van der Waals surface area contributed by atoms with Crippen molar-refractivity contribution in [3.05, 3.63) is 29.3 Å². The Morgan fingerprint density at radius 2 is 2.00 bits per heavy atom. The fraction of sp³-hybridized carbons (Fsp3) is 0.571. The number of hydrogen-bond donors (Lipinski definition) is 1. The van der Waals surface area contributed by atoms with Gasteiger partial charge in [-0.2, -0.15) is 0 Å². The molecular formula is C14H24N2O. The Kier molecular flexibility index (Phi) is 6.01. The van der Waals surface area contributed by atoms with Crippen LogP contribution in [0.15, 0.2) is 18.2 Å². The Hall–Kier alpha value is -1.06. The minimum atomic E-state index is 0.771. The van der Waals surface area contributed by atoms with Crippen LogP contribution in [0.2, 0.25) is 0 Å². The Morgan fingerprint density at radius 3 is 2.65 bits per heavy atom. The monoisotopic (exact) mass is 236 g/mol. The molecule has 0 aliphatic heterocycles. The predicted octanol–water partition coefficient (Wildman–Crippen LogP) is 1.98. The second kappa shape index (κ2) is 7.30. The maximum atomic E-state index is 4.99. The van der Waals surface area contributed by atoms with E-state index in [2.05, 4.69) is 49.3 Å². The predicted molar refractivity (Wildman–Crippen MR) is 73.9 cm³/mol. The fourth-order valence-electron chi connectivity index (χ4n) is 1.90. The summed E-state index contributed by atoms with van der Waals surface area (Å²) in [4.78, 5) is 2.29. The number of methoxy groups -OCH3 is 1. The molecule has 1 aromatic carbocycles. The van der Waals surface area contributed by atoms with E-state index in [0.717, 1.165) is 26.2 Å². The van der Waals surface area contributed by atoms with Crippen LogP contribution in [0.5, 0.6) is 0 Å². The number of anilines is 1. The zero-order valence-electron chi connectivity index (χ0n) is 11.4. The molecule has 1 aromatic rings. The second-order valence-corrected chi connectivity index (χ2v) is 4.45. The summed E-state index contributed by atoms with van der Waals surface area (Å²) >= 11 is 0. The van der Waals surface area contributed by atoms with Crippen molar-refractivity contribution in [2.24, 2.45) is 0 Å². The number of nitrogens with zero attached hydrogens (tertiary/aromatic N) is 1. The quantitative estimate of drug-likeness (QED) is 0.733. The number of benzene rings is 1. The Morgan fingerprint density at radius 1 is 1.24 bits per heavy atom. The second-order valence-electron chi connectivity index (χ2n) is 4.45. The van der Waals surface area contributed by atoms with Crippen LogP contribution in [0.1, 0.15) is 11.1 Å². The number of hydrogen-bond acceptors (Lipinski definition) is 3. The largest absolute Gasteiger partial charge is 0.383 e. The summed E-state index contributed by atoms with van der Waals surface area (Å²) in [5.41, 5.74) is 3.96. The molecule has 0 saturated carbocycles. The highest BCUT2D eigenvalue weighted by molar-refractivity contribution is 5.53. The van der Waals surface area contributed by atoms with Gasteiger partial charge in [-0.05, 0) is 25.5 Å². The number of nitrogens with one attached hydrogen (secondary N) is 1. The lowest BCUT2D eigenvalue weighted by Gasteiger charge is -2.22. The van der Waals surface area contributed by atoms with Crippen LogP contribution >= 0.6 is 0 Å². The van der Waals surface area contributed by atoms with E-state index in [-0.39, 0.29) is 0 Å². The van der Waals surface area contributed by atoms with Crippen molar-refractivity contribution in [3.8, 4) is 0 Å².